The van der Waals surface area contributed by atoms with E-state index < -0.39 is 6.04 Å². The first-order valence-corrected chi connectivity index (χ1v) is 11.5. The van der Waals surface area contributed by atoms with Crippen LogP contribution in [0.5, 0.6) is 11.5 Å². The quantitative estimate of drug-likeness (QED) is 0.677. The van der Waals surface area contributed by atoms with Crippen LogP contribution in [-0.4, -0.2) is 58.0 Å². The van der Waals surface area contributed by atoms with Gasteiger partial charge in [0.05, 0.1) is 37.8 Å². The van der Waals surface area contributed by atoms with E-state index in [2.05, 4.69) is 16.3 Å². The van der Waals surface area contributed by atoms with Crippen LogP contribution in [-0.2, 0) is 16.0 Å². The van der Waals surface area contributed by atoms with Crippen LogP contribution < -0.4 is 24.6 Å². The van der Waals surface area contributed by atoms with Crippen molar-refractivity contribution in [3.05, 3.63) is 42.0 Å². The van der Waals surface area contributed by atoms with E-state index in [0.717, 1.165) is 48.1 Å². The predicted octanol–water partition coefficient (Wildman–Crippen LogP) is 3.71. The number of anilines is 3. The van der Waals surface area contributed by atoms with Gasteiger partial charge in [-0.25, -0.2) is 0 Å². The van der Waals surface area contributed by atoms with Gasteiger partial charge in [0.1, 0.15) is 17.5 Å². The lowest BCUT2D eigenvalue weighted by atomic mass is 10.1. The average molecular weight is 440 g/mol. The molecule has 1 fully saturated rings. The molecule has 1 saturated heterocycles. The van der Waals surface area contributed by atoms with Crippen molar-refractivity contribution in [2.24, 2.45) is 0 Å². The molecule has 4 rings (SSSR count). The van der Waals surface area contributed by atoms with Crippen LogP contribution in [0.3, 0.4) is 0 Å². The molecule has 0 unspecified atom stereocenters. The lowest BCUT2D eigenvalue weighted by Crippen LogP contribution is -2.40. The second-order valence-corrected chi connectivity index (χ2v) is 8.02. The Morgan fingerprint density at radius 1 is 1.03 bits per heavy atom. The highest BCUT2D eigenvalue weighted by atomic mass is 16.5. The van der Waals surface area contributed by atoms with Crippen LogP contribution in [0.25, 0.3) is 0 Å². The lowest BCUT2D eigenvalue weighted by Gasteiger charge is -2.31. The monoisotopic (exact) mass is 439 g/mol. The van der Waals surface area contributed by atoms with Crippen molar-refractivity contribution >= 4 is 23.0 Å². The van der Waals surface area contributed by atoms with Gasteiger partial charge in [0.25, 0.3) is 0 Å². The predicted molar refractivity (Wildman–Crippen MR) is 127 cm³/mol. The third-order valence-electron chi connectivity index (χ3n) is 5.91. The minimum Gasteiger partial charge on any atom is -0.492 e. The first kappa shape index (κ1) is 22.3. The minimum absolute atomic E-state index is 0.0487. The van der Waals surface area contributed by atoms with Crippen molar-refractivity contribution in [2.75, 3.05) is 61.2 Å². The molecule has 172 valence electrons. The van der Waals surface area contributed by atoms with Crippen molar-refractivity contribution in [3.63, 3.8) is 0 Å². The number of para-hydroxylation sites is 1. The number of morpholine rings is 1. The second-order valence-electron chi connectivity index (χ2n) is 8.02. The van der Waals surface area contributed by atoms with Crippen molar-refractivity contribution in [3.8, 4) is 11.5 Å². The summed E-state index contributed by atoms with van der Waals surface area (Å²) >= 11 is 0. The molecular weight excluding hydrogens is 406 g/mol. The average Bonchev–Trinajstić information content (AvgIpc) is 3.25. The Balaban J connectivity index is 1.59. The number of amides is 1. The largest absolute Gasteiger partial charge is 0.492 e. The van der Waals surface area contributed by atoms with Crippen LogP contribution in [0.2, 0.25) is 0 Å². The second kappa shape index (κ2) is 10.1. The maximum absolute atomic E-state index is 13.3. The van der Waals surface area contributed by atoms with Crippen molar-refractivity contribution in [1.29, 1.82) is 0 Å². The number of carbonyl (C=O) groups excluding carboxylic acids is 1. The molecule has 1 atom stereocenters. The summed E-state index contributed by atoms with van der Waals surface area (Å²) in [5.74, 6) is 1.55. The van der Waals surface area contributed by atoms with Crippen molar-refractivity contribution < 1.29 is 19.0 Å². The third kappa shape index (κ3) is 4.63. The highest BCUT2D eigenvalue weighted by Gasteiger charge is 2.29. The number of rotatable bonds is 8. The zero-order valence-corrected chi connectivity index (χ0v) is 19.2. The standard InChI is InChI=1S/C25H33N3O4/c1-4-31-23-17-22(27-12-14-30-15-13-27)24(32-5-2)16-20(23)26-18(3)25(29)28-11-10-19-8-6-7-9-21(19)28/h6-9,16-18,26H,4-5,10-15H2,1-3H3/t18-/m0/s1. The van der Waals surface area contributed by atoms with Gasteiger partial charge in [0.2, 0.25) is 5.91 Å². The molecule has 7 heteroatoms. The fraction of sp³-hybridized carbons (Fsp3) is 0.480. The van der Waals surface area contributed by atoms with Gasteiger partial charge in [-0.05, 0) is 38.8 Å². The summed E-state index contributed by atoms with van der Waals surface area (Å²) in [5.41, 5.74) is 3.99. The first-order valence-electron chi connectivity index (χ1n) is 11.5. The van der Waals surface area contributed by atoms with Gasteiger partial charge < -0.3 is 29.3 Å². The Morgan fingerprint density at radius 2 is 1.75 bits per heavy atom. The maximum atomic E-state index is 13.3. The van der Waals surface area contributed by atoms with E-state index in [9.17, 15) is 4.79 Å². The Morgan fingerprint density at radius 3 is 2.50 bits per heavy atom. The van der Waals surface area contributed by atoms with Gasteiger partial charge in [0.15, 0.2) is 0 Å². The highest BCUT2D eigenvalue weighted by Crippen LogP contribution is 2.40. The van der Waals surface area contributed by atoms with Crippen LogP contribution in [0.4, 0.5) is 17.1 Å². The number of nitrogens with one attached hydrogen (secondary N) is 1. The molecule has 2 aromatic carbocycles. The summed E-state index contributed by atoms with van der Waals surface area (Å²) in [5, 5.41) is 3.39. The number of hydrogen-bond donors (Lipinski definition) is 1. The molecule has 1 amide bonds. The van der Waals surface area contributed by atoms with E-state index >= 15 is 0 Å². The van der Waals surface area contributed by atoms with Gasteiger partial charge in [-0.1, -0.05) is 18.2 Å². The number of hydrogen-bond acceptors (Lipinski definition) is 6. The normalized spacial score (nSPS) is 16.5. The topological polar surface area (TPSA) is 63.3 Å². The third-order valence-corrected chi connectivity index (χ3v) is 5.91. The highest BCUT2D eigenvalue weighted by molar-refractivity contribution is 6.00. The van der Waals surface area contributed by atoms with Gasteiger partial charge in [0, 0.05) is 37.5 Å². The molecule has 1 N–H and O–H groups in total. The smallest absolute Gasteiger partial charge is 0.249 e. The number of nitrogens with zero attached hydrogens (tertiary/aromatic N) is 2. The fourth-order valence-electron chi connectivity index (χ4n) is 4.36. The fourth-order valence-corrected chi connectivity index (χ4v) is 4.36. The molecule has 2 aromatic rings. The number of benzene rings is 2. The molecule has 0 saturated carbocycles. The van der Waals surface area contributed by atoms with Crippen LogP contribution in [0, 0.1) is 0 Å². The minimum atomic E-state index is -0.413. The molecule has 32 heavy (non-hydrogen) atoms. The van der Waals surface area contributed by atoms with Crippen LogP contribution in [0.1, 0.15) is 26.3 Å². The van der Waals surface area contributed by atoms with Crippen molar-refractivity contribution in [2.45, 2.75) is 33.2 Å². The van der Waals surface area contributed by atoms with Gasteiger partial charge >= 0.3 is 0 Å². The summed E-state index contributed by atoms with van der Waals surface area (Å²) in [6.45, 7) is 10.6. The molecule has 7 nitrogen and oxygen atoms in total. The molecule has 0 aromatic heterocycles. The Kier molecular flexibility index (Phi) is 7.05. The van der Waals surface area contributed by atoms with Gasteiger partial charge in [-0.15, -0.1) is 0 Å². The summed E-state index contributed by atoms with van der Waals surface area (Å²) < 4.78 is 17.4. The number of carbonyl (C=O) groups is 1. The summed E-state index contributed by atoms with van der Waals surface area (Å²) in [4.78, 5) is 17.4. The SMILES string of the molecule is CCOc1cc(N2CCOCC2)c(OCC)cc1N[C@@H](C)C(=O)N1CCc2ccccc21. The first-order chi connectivity index (χ1) is 15.6. The van der Waals surface area contributed by atoms with Crippen LogP contribution >= 0.6 is 0 Å². The summed E-state index contributed by atoms with van der Waals surface area (Å²) in [7, 11) is 0. The zero-order valence-electron chi connectivity index (χ0n) is 19.2. The van der Waals surface area contributed by atoms with Crippen LogP contribution in [0.15, 0.2) is 36.4 Å². The molecule has 2 aliphatic heterocycles. The zero-order chi connectivity index (χ0) is 22.5. The van der Waals surface area contributed by atoms with E-state index in [-0.39, 0.29) is 5.91 Å². The van der Waals surface area contributed by atoms with Gasteiger partial charge in [-0.3, -0.25) is 4.79 Å². The lowest BCUT2D eigenvalue weighted by molar-refractivity contribution is -0.118. The Bertz CT molecular complexity index is 943. The van der Waals surface area contributed by atoms with E-state index in [4.69, 9.17) is 14.2 Å². The molecule has 0 bridgehead atoms. The van der Waals surface area contributed by atoms with Gasteiger partial charge in [-0.2, -0.15) is 0 Å². The van der Waals surface area contributed by atoms with Crippen molar-refractivity contribution in [1.82, 2.24) is 0 Å². The number of ether oxygens (including phenoxy) is 3. The summed E-state index contributed by atoms with van der Waals surface area (Å²) in [6.07, 6.45) is 0.890. The molecule has 0 aliphatic carbocycles. The number of fused-ring (bicyclic) bond motifs is 1. The Hall–Kier alpha value is -2.93. The Labute approximate surface area is 190 Å². The molecular formula is C25H33N3O4. The van der Waals surface area contributed by atoms with E-state index in [1.807, 2.05) is 56.0 Å². The molecule has 2 heterocycles. The maximum Gasteiger partial charge on any atom is 0.249 e. The van der Waals surface area contributed by atoms with E-state index in [1.54, 1.807) is 0 Å². The molecule has 2 aliphatic rings. The van der Waals surface area contributed by atoms with E-state index in [1.165, 1.54) is 5.56 Å². The molecule has 0 radical (unpaired) electrons. The summed E-state index contributed by atoms with van der Waals surface area (Å²) in [6, 6.07) is 11.7. The molecule has 0 spiro atoms. The van der Waals surface area contributed by atoms with E-state index in [0.29, 0.717) is 33.0 Å².